The third-order valence-electron chi connectivity index (χ3n) is 4.18. The molecule has 2 rings (SSSR count). The summed E-state index contributed by atoms with van der Waals surface area (Å²) in [5.74, 6) is 0.926. The molecule has 0 amide bonds. The summed E-state index contributed by atoms with van der Waals surface area (Å²) < 4.78 is 0. The zero-order valence-electron chi connectivity index (χ0n) is 10.3. The summed E-state index contributed by atoms with van der Waals surface area (Å²) in [6, 6.07) is 9.17. The first-order valence-corrected chi connectivity index (χ1v) is 7.41. The first-order chi connectivity index (χ1) is 7.64. The third-order valence-corrected chi connectivity index (χ3v) is 4.83. The van der Waals surface area contributed by atoms with Crippen molar-refractivity contribution in [2.45, 2.75) is 50.3 Å². The molecule has 0 N–H and O–H groups in total. The van der Waals surface area contributed by atoms with Gasteiger partial charge < -0.3 is 0 Å². The molecule has 0 nitrogen and oxygen atoms in total. The molecule has 0 aliphatic heterocycles. The van der Waals surface area contributed by atoms with Crippen LogP contribution >= 0.6 is 15.9 Å². The molecule has 1 aliphatic carbocycles. The standard InChI is InChI=1S/C15H21Br/c1-12-7-9-15(2,10-8-12)14-5-3-13(11-16)4-6-14/h3-6,12H,7-11H2,1-2H3/t12-,15-. The predicted molar refractivity (Wildman–Crippen MR) is 74.1 cm³/mol. The second-order valence-corrected chi connectivity index (χ2v) is 6.13. The first-order valence-electron chi connectivity index (χ1n) is 6.29. The minimum atomic E-state index is 0.428. The molecule has 1 saturated carbocycles. The monoisotopic (exact) mass is 280 g/mol. The Labute approximate surface area is 108 Å². The number of alkyl halides is 1. The molecule has 1 heteroatoms. The lowest BCUT2D eigenvalue weighted by Crippen LogP contribution is -2.27. The fraction of sp³-hybridized carbons (Fsp3) is 0.600. The van der Waals surface area contributed by atoms with E-state index >= 15 is 0 Å². The third kappa shape index (κ3) is 2.51. The van der Waals surface area contributed by atoms with Crippen molar-refractivity contribution in [3.63, 3.8) is 0 Å². The van der Waals surface area contributed by atoms with Crippen molar-refractivity contribution < 1.29 is 0 Å². The molecule has 0 spiro atoms. The van der Waals surface area contributed by atoms with Gasteiger partial charge in [-0.05, 0) is 48.1 Å². The van der Waals surface area contributed by atoms with Gasteiger partial charge >= 0.3 is 0 Å². The fourth-order valence-electron chi connectivity index (χ4n) is 2.68. The summed E-state index contributed by atoms with van der Waals surface area (Å²) >= 11 is 3.50. The van der Waals surface area contributed by atoms with Gasteiger partial charge in [0.05, 0.1) is 0 Å². The van der Waals surface area contributed by atoms with Crippen LogP contribution in [0.2, 0.25) is 0 Å². The predicted octanol–water partition coefficient (Wildman–Crippen LogP) is 5.05. The SMILES string of the molecule is C[C@H]1CC[C@](C)(c2ccc(CBr)cc2)CC1. The highest BCUT2D eigenvalue weighted by Crippen LogP contribution is 2.41. The van der Waals surface area contributed by atoms with Crippen LogP contribution in [0.15, 0.2) is 24.3 Å². The van der Waals surface area contributed by atoms with Gasteiger partial charge in [-0.1, -0.05) is 54.0 Å². The van der Waals surface area contributed by atoms with Gasteiger partial charge in [-0.3, -0.25) is 0 Å². The molecule has 0 atom stereocenters. The molecule has 0 aromatic heterocycles. The van der Waals surface area contributed by atoms with Crippen LogP contribution in [0.1, 0.15) is 50.7 Å². The lowest BCUT2D eigenvalue weighted by Gasteiger charge is -2.37. The van der Waals surface area contributed by atoms with E-state index in [1.807, 2.05) is 0 Å². The number of benzene rings is 1. The summed E-state index contributed by atoms with van der Waals surface area (Å²) in [5.41, 5.74) is 3.33. The zero-order valence-corrected chi connectivity index (χ0v) is 11.9. The molecular formula is C15H21Br. The molecular weight excluding hydrogens is 260 g/mol. The van der Waals surface area contributed by atoms with Gasteiger partial charge in [0.15, 0.2) is 0 Å². The highest BCUT2D eigenvalue weighted by Gasteiger charge is 2.30. The largest absolute Gasteiger partial charge is 0.0876 e. The molecule has 16 heavy (non-hydrogen) atoms. The van der Waals surface area contributed by atoms with Crippen LogP contribution in [-0.2, 0) is 10.7 Å². The van der Waals surface area contributed by atoms with E-state index in [9.17, 15) is 0 Å². The van der Waals surface area contributed by atoms with Crippen molar-refractivity contribution in [2.75, 3.05) is 0 Å². The van der Waals surface area contributed by atoms with Crippen LogP contribution < -0.4 is 0 Å². The van der Waals surface area contributed by atoms with E-state index < -0.39 is 0 Å². The van der Waals surface area contributed by atoms with Crippen molar-refractivity contribution in [1.82, 2.24) is 0 Å². The van der Waals surface area contributed by atoms with Crippen molar-refractivity contribution in [2.24, 2.45) is 5.92 Å². The Morgan fingerprint density at radius 1 is 1.19 bits per heavy atom. The summed E-state index contributed by atoms with van der Waals surface area (Å²) in [5, 5.41) is 0.959. The van der Waals surface area contributed by atoms with E-state index in [1.54, 1.807) is 0 Å². The Bertz CT molecular complexity index is 331. The van der Waals surface area contributed by atoms with Gasteiger partial charge in [0.2, 0.25) is 0 Å². The van der Waals surface area contributed by atoms with E-state index in [1.165, 1.54) is 36.8 Å². The van der Waals surface area contributed by atoms with Crippen LogP contribution in [0.25, 0.3) is 0 Å². The molecule has 0 bridgehead atoms. The second kappa shape index (κ2) is 4.91. The van der Waals surface area contributed by atoms with Crippen molar-refractivity contribution in [3.8, 4) is 0 Å². The molecule has 88 valence electrons. The number of halogens is 1. The van der Waals surface area contributed by atoms with E-state index in [0.717, 1.165) is 11.2 Å². The molecule has 1 aromatic carbocycles. The van der Waals surface area contributed by atoms with Gasteiger partial charge in [-0.2, -0.15) is 0 Å². The molecule has 1 aromatic rings. The normalized spacial score (nSPS) is 30.3. The number of hydrogen-bond acceptors (Lipinski definition) is 0. The van der Waals surface area contributed by atoms with E-state index in [-0.39, 0.29) is 0 Å². The Kier molecular flexibility index (Phi) is 3.73. The summed E-state index contributed by atoms with van der Waals surface area (Å²) in [7, 11) is 0. The number of hydrogen-bond donors (Lipinski definition) is 0. The molecule has 0 unspecified atom stereocenters. The molecule has 0 heterocycles. The smallest absolute Gasteiger partial charge is 0.0283 e. The topological polar surface area (TPSA) is 0 Å². The first kappa shape index (κ1) is 12.2. The molecule has 0 radical (unpaired) electrons. The van der Waals surface area contributed by atoms with Crippen LogP contribution in [0.5, 0.6) is 0 Å². The van der Waals surface area contributed by atoms with E-state index in [4.69, 9.17) is 0 Å². The fourth-order valence-corrected chi connectivity index (χ4v) is 3.06. The Morgan fingerprint density at radius 2 is 1.75 bits per heavy atom. The van der Waals surface area contributed by atoms with Gasteiger partial charge in [0.25, 0.3) is 0 Å². The van der Waals surface area contributed by atoms with Gasteiger partial charge in [-0.15, -0.1) is 0 Å². The van der Waals surface area contributed by atoms with Crippen LogP contribution in [0.3, 0.4) is 0 Å². The maximum atomic E-state index is 3.50. The minimum Gasteiger partial charge on any atom is -0.0876 e. The van der Waals surface area contributed by atoms with Crippen molar-refractivity contribution in [3.05, 3.63) is 35.4 Å². The maximum Gasteiger partial charge on any atom is 0.0283 e. The summed E-state index contributed by atoms with van der Waals surface area (Å²) in [6.07, 6.45) is 5.47. The van der Waals surface area contributed by atoms with Gasteiger partial charge in [0.1, 0.15) is 0 Å². The highest BCUT2D eigenvalue weighted by molar-refractivity contribution is 9.08. The van der Waals surface area contributed by atoms with Crippen molar-refractivity contribution in [1.29, 1.82) is 0 Å². The average molecular weight is 281 g/mol. The Morgan fingerprint density at radius 3 is 2.25 bits per heavy atom. The Balaban J connectivity index is 2.16. The average Bonchev–Trinajstić information content (AvgIpc) is 2.33. The number of rotatable bonds is 2. The second-order valence-electron chi connectivity index (χ2n) is 5.57. The molecule has 0 saturated heterocycles. The van der Waals surface area contributed by atoms with Gasteiger partial charge in [-0.25, -0.2) is 0 Å². The zero-order chi connectivity index (χ0) is 11.6. The van der Waals surface area contributed by atoms with Crippen molar-refractivity contribution >= 4 is 15.9 Å². The molecule has 1 fully saturated rings. The highest BCUT2D eigenvalue weighted by atomic mass is 79.9. The summed E-state index contributed by atoms with van der Waals surface area (Å²) in [4.78, 5) is 0. The molecule has 1 aliphatic rings. The lowest BCUT2D eigenvalue weighted by molar-refractivity contribution is 0.261. The van der Waals surface area contributed by atoms with E-state index in [0.29, 0.717) is 5.41 Å². The quantitative estimate of drug-likeness (QED) is 0.665. The van der Waals surface area contributed by atoms with Crippen LogP contribution in [0.4, 0.5) is 0 Å². The van der Waals surface area contributed by atoms with Crippen LogP contribution in [0, 0.1) is 5.92 Å². The Hall–Kier alpha value is -0.300. The van der Waals surface area contributed by atoms with E-state index in [2.05, 4.69) is 54.0 Å². The summed E-state index contributed by atoms with van der Waals surface area (Å²) in [6.45, 7) is 4.82. The van der Waals surface area contributed by atoms with Crippen LogP contribution in [-0.4, -0.2) is 0 Å². The minimum absolute atomic E-state index is 0.428. The van der Waals surface area contributed by atoms with Gasteiger partial charge in [0, 0.05) is 5.33 Å². The lowest BCUT2D eigenvalue weighted by atomic mass is 9.68. The maximum absolute atomic E-state index is 3.50.